The molecule has 0 aromatic heterocycles. The van der Waals surface area contributed by atoms with Crippen LogP contribution in [0.3, 0.4) is 0 Å². The van der Waals surface area contributed by atoms with Gasteiger partial charge in [-0.2, -0.15) is 0 Å². The van der Waals surface area contributed by atoms with E-state index in [4.69, 9.17) is 9.47 Å². The van der Waals surface area contributed by atoms with E-state index in [1.54, 1.807) is 13.8 Å². The molecule has 106 valence electrons. The van der Waals surface area contributed by atoms with E-state index in [2.05, 4.69) is 6.58 Å². The maximum Gasteiger partial charge on any atom is 0.163 e. The molecule has 18 heavy (non-hydrogen) atoms. The van der Waals surface area contributed by atoms with Crippen LogP contribution < -0.4 is 0 Å². The van der Waals surface area contributed by atoms with Crippen LogP contribution in [0.5, 0.6) is 0 Å². The molecule has 4 nitrogen and oxygen atoms in total. The first-order valence-corrected chi connectivity index (χ1v) is 6.40. The molecule has 0 bridgehead atoms. The Morgan fingerprint density at radius 2 is 2.06 bits per heavy atom. The van der Waals surface area contributed by atoms with Gasteiger partial charge in [0.2, 0.25) is 0 Å². The van der Waals surface area contributed by atoms with E-state index < -0.39 is 17.5 Å². The van der Waals surface area contributed by atoms with Gasteiger partial charge in [-0.3, -0.25) is 0 Å². The van der Waals surface area contributed by atoms with Crippen LogP contribution in [0.1, 0.15) is 41.0 Å². The molecule has 1 aliphatic rings. The van der Waals surface area contributed by atoms with Gasteiger partial charge in [0.1, 0.15) is 0 Å². The van der Waals surface area contributed by atoms with Crippen molar-refractivity contribution in [3.8, 4) is 0 Å². The Hall–Kier alpha value is -0.420. The summed E-state index contributed by atoms with van der Waals surface area (Å²) in [5.41, 5.74) is -0.188. The Balaban J connectivity index is 2.70. The van der Waals surface area contributed by atoms with Crippen molar-refractivity contribution in [2.45, 2.75) is 64.6 Å². The SMILES string of the molecule is C=C(C)[C@@H](C[C@@H](O)C(C)(C)O)[C@H]1COC(C)(C)O1. The summed E-state index contributed by atoms with van der Waals surface area (Å²) in [6.45, 7) is 13.3. The zero-order valence-corrected chi connectivity index (χ0v) is 12.1. The topological polar surface area (TPSA) is 58.9 Å². The highest BCUT2D eigenvalue weighted by Crippen LogP contribution is 2.33. The van der Waals surface area contributed by atoms with Crippen LogP contribution in [0.25, 0.3) is 0 Å². The summed E-state index contributed by atoms with van der Waals surface area (Å²) < 4.78 is 11.4. The predicted molar refractivity (Wildman–Crippen MR) is 70.1 cm³/mol. The highest BCUT2D eigenvalue weighted by Gasteiger charge is 2.39. The van der Waals surface area contributed by atoms with Crippen LogP contribution in [-0.2, 0) is 9.47 Å². The maximum atomic E-state index is 10.0. The summed E-state index contributed by atoms with van der Waals surface area (Å²) in [5, 5.41) is 19.8. The van der Waals surface area contributed by atoms with Crippen molar-refractivity contribution in [2.75, 3.05) is 6.61 Å². The van der Waals surface area contributed by atoms with Gasteiger partial charge in [0.05, 0.1) is 24.4 Å². The second-order valence-electron chi connectivity index (χ2n) is 6.23. The normalized spacial score (nSPS) is 26.9. The summed E-state index contributed by atoms with van der Waals surface area (Å²) in [5.74, 6) is -0.605. The monoisotopic (exact) mass is 258 g/mol. The van der Waals surface area contributed by atoms with Crippen LogP contribution in [0.2, 0.25) is 0 Å². The van der Waals surface area contributed by atoms with Crippen molar-refractivity contribution in [1.29, 1.82) is 0 Å². The van der Waals surface area contributed by atoms with Crippen molar-refractivity contribution in [2.24, 2.45) is 5.92 Å². The Kier molecular flexibility index (Phi) is 4.60. The van der Waals surface area contributed by atoms with Gasteiger partial charge < -0.3 is 19.7 Å². The highest BCUT2D eigenvalue weighted by molar-refractivity contribution is 5.03. The first-order valence-electron chi connectivity index (χ1n) is 6.40. The van der Waals surface area contributed by atoms with E-state index in [9.17, 15) is 10.2 Å². The predicted octanol–water partition coefficient (Wildman–Crippen LogP) is 1.85. The van der Waals surface area contributed by atoms with Crippen molar-refractivity contribution in [3.05, 3.63) is 12.2 Å². The Bertz CT molecular complexity index is 303. The molecular weight excluding hydrogens is 232 g/mol. The second kappa shape index (κ2) is 5.29. The lowest BCUT2D eigenvalue weighted by molar-refractivity contribution is -0.145. The fraction of sp³-hybridized carbons (Fsp3) is 0.857. The molecule has 0 aromatic rings. The van der Waals surface area contributed by atoms with E-state index in [0.29, 0.717) is 13.0 Å². The zero-order valence-electron chi connectivity index (χ0n) is 12.1. The van der Waals surface area contributed by atoms with Gasteiger partial charge in [0.15, 0.2) is 5.79 Å². The molecule has 0 aliphatic carbocycles. The van der Waals surface area contributed by atoms with Gasteiger partial charge in [-0.1, -0.05) is 12.2 Å². The minimum atomic E-state index is -1.12. The molecule has 0 spiro atoms. The summed E-state index contributed by atoms with van der Waals surface area (Å²) in [7, 11) is 0. The number of ether oxygens (including phenoxy) is 2. The lowest BCUT2D eigenvalue weighted by atomic mass is 9.85. The van der Waals surface area contributed by atoms with Crippen molar-refractivity contribution >= 4 is 0 Å². The van der Waals surface area contributed by atoms with Gasteiger partial charge in [-0.05, 0) is 41.0 Å². The van der Waals surface area contributed by atoms with Gasteiger partial charge in [0.25, 0.3) is 0 Å². The van der Waals surface area contributed by atoms with E-state index in [-0.39, 0.29) is 12.0 Å². The van der Waals surface area contributed by atoms with Crippen molar-refractivity contribution in [1.82, 2.24) is 0 Å². The van der Waals surface area contributed by atoms with Crippen molar-refractivity contribution < 1.29 is 19.7 Å². The average Bonchev–Trinajstić information content (AvgIpc) is 2.52. The lowest BCUT2D eigenvalue weighted by Crippen LogP contribution is -2.40. The van der Waals surface area contributed by atoms with Crippen molar-refractivity contribution in [3.63, 3.8) is 0 Å². The van der Waals surface area contributed by atoms with Crippen LogP contribution in [0.4, 0.5) is 0 Å². The standard InChI is InChI=1S/C14H26O4/c1-9(2)10(7-12(15)13(3,4)16)11-8-17-14(5,6)18-11/h10-12,15-16H,1,7-8H2,2-6H3/t10-,11-,12-/m1/s1. The Morgan fingerprint density at radius 1 is 1.50 bits per heavy atom. The quantitative estimate of drug-likeness (QED) is 0.739. The highest BCUT2D eigenvalue weighted by atomic mass is 16.7. The van der Waals surface area contributed by atoms with Gasteiger partial charge in [-0.15, -0.1) is 0 Å². The molecule has 2 N–H and O–H groups in total. The largest absolute Gasteiger partial charge is 0.390 e. The maximum absolute atomic E-state index is 10.0. The van der Waals surface area contributed by atoms with Gasteiger partial charge in [-0.25, -0.2) is 0 Å². The first kappa shape index (κ1) is 15.6. The minimum absolute atomic E-state index is 0.0202. The van der Waals surface area contributed by atoms with Crippen LogP contribution in [-0.4, -0.2) is 40.4 Å². The van der Waals surface area contributed by atoms with Crippen LogP contribution in [0, 0.1) is 5.92 Å². The lowest BCUT2D eigenvalue weighted by Gasteiger charge is -2.31. The molecule has 1 saturated heterocycles. The van der Waals surface area contributed by atoms with E-state index in [1.165, 1.54) is 0 Å². The molecule has 3 atom stereocenters. The first-order chi connectivity index (χ1) is 8.03. The molecular formula is C14H26O4. The molecule has 1 heterocycles. The van der Waals surface area contributed by atoms with Crippen LogP contribution in [0.15, 0.2) is 12.2 Å². The average molecular weight is 258 g/mol. The molecule has 0 unspecified atom stereocenters. The Morgan fingerprint density at radius 3 is 2.39 bits per heavy atom. The molecule has 0 aromatic carbocycles. The second-order valence-corrected chi connectivity index (χ2v) is 6.23. The number of rotatable bonds is 5. The van der Waals surface area contributed by atoms with Gasteiger partial charge in [0, 0.05) is 5.92 Å². The smallest absolute Gasteiger partial charge is 0.163 e. The minimum Gasteiger partial charge on any atom is -0.390 e. The number of hydrogen-bond acceptors (Lipinski definition) is 4. The van der Waals surface area contributed by atoms with E-state index in [0.717, 1.165) is 5.57 Å². The molecule has 0 radical (unpaired) electrons. The van der Waals surface area contributed by atoms with Gasteiger partial charge >= 0.3 is 0 Å². The number of aliphatic hydroxyl groups excluding tert-OH is 1. The summed E-state index contributed by atoms with van der Waals surface area (Å²) >= 11 is 0. The third kappa shape index (κ3) is 4.05. The van der Waals surface area contributed by atoms with E-state index >= 15 is 0 Å². The zero-order chi connectivity index (χ0) is 14.1. The third-order valence-electron chi connectivity index (χ3n) is 3.40. The van der Waals surface area contributed by atoms with Crippen LogP contribution >= 0.6 is 0 Å². The van der Waals surface area contributed by atoms with E-state index in [1.807, 2.05) is 20.8 Å². The summed E-state index contributed by atoms with van der Waals surface area (Å²) in [6, 6.07) is 0. The number of aliphatic hydroxyl groups is 2. The molecule has 0 saturated carbocycles. The molecule has 4 heteroatoms. The fourth-order valence-electron chi connectivity index (χ4n) is 2.11. The molecule has 0 amide bonds. The third-order valence-corrected chi connectivity index (χ3v) is 3.40. The summed E-state index contributed by atoms with van der Waals surface area (Å²) in [4.78, 5) is 0. The molecule has 1 fully saturated rings. The number of hydrogen-bond donors (Lipinski definition) is 2. The Labute approximate surface area is 110 Å². The fourth-order valence-corrected chi connectivity index (χ4v) is 2.11. The summed E-state index contributed by atoms with van der Waals surface area (Å²) in [6.07, 6.45) is -0.510. The molecule has 1 aliphatic heterocycles. The molecule has 1 rings (SSSR count).